The fourth-order valence-corrected chi connectivity index (χ4v) is 3.30. The predicted octanol–water partition coefficient (Wildman–Crippen LogP) is 1.81. The Morgan fingerprint density at radius 3 is 2.93 bits per heavy atom. The largest absolute Gasteiger partial charge is 0.325 e. The van der Waals surface area contributed by atoms with Gasteiger partial charge in [-0.2, -0.15) is 16.9 Å². The van der Waals surface area contributed by atoms with Crippen molar-refractivity contribution >= 4 is 11.8 Å². The molecule has 3 rings (SSSR count). The van der Waals surface area contributed by atoms with Crippen LogP contribution in [0.3, 0.4) is 0 Å². The van der Waals surface area contributed by atoms with Gasteiger partial charge in [-0.3, -0.25) is 4.68 Å². The van der Waals surface area contributed by atoms with Crippen LogP contribution in [0.25, 0.3) is 0 Å². The van der Waals surface area contributed by atoms with Crippen LogP contribution >= 0.6 is 11.8 Å². The molecular weight excluding hydrogens is 194 g/mol. The highest BCUT2D eigenvalue weighted by Gasteiger charge is 2.28. The third-order valence-electron chi connectivity index (χ3n) is 3.30. The number of nitrogens with zero attached hydrogens (tertiary/aromatic N) is 2. The lowest BCUT2D eigenvalue weighted by Gasteiger charge is -2.27. The zero-order valence-corrected chi connectivity index (χ0v) is 9.02. The Bertz CT molecular complexity index is 354. The van der Waals surface area contributed by atoms with E-state index in [2.05, 4.69) is 4.68 Å². The normalized spacial score (nSPS) is 20.9. The second kappa shape index (κ2) is 3.28. The van der Waals surface area contributed by atoms with Gasteiger partial charge in [0.05, 0.1) is 17.4 Å². The molecule has 1 fully saturated rings. The van der Waals surface area contributed by atoms with E-state index in [4.69, 9.17) is 10.8 Å². The first-order valence-corrected chi connectivity index (χ1v) is 6.42. The van der Waals surface area contributed by atoms with Gasteiger partial charge in [0, 0.05) is 23.6 Å². The third kappa shape index (κ3) is 1.13. The van der Waals surface area contributed by atoms with Crippen LogP contribution in [-0.2, 0) is 18.1 Å². The highest BCUT2D eigenvalue weighted by molar-refractivity contribution is 7.98. The maximum atomic E-state index is 5.81. The van der Waals surface area contributed by atoms with Crippen LogP contribution < -0.4 is 5.73 Å². The monoisotopic (exact) mass is 209 g/mol. The van der Waals surface area contributed by atoms with Gasteiger partial charge < -0.3 is 5.73 Å². The van der Waals surface area contributed by atoms with Gasteiger partial charge >= 0.3 is 0 Å². The van der Waals surface area contributed by atoms with E-state index in [1.807, 2.05) is 11.8 Å². The van der Waals surface area contributed by atoms with E-state index < -0.39 is 0 Å². The van der Waals surface area contributed by atoms with Crippen molar-refractivity contribution in [3.05, 3.63) is 17.0 Å². The molecule has 1 aromatic rings. The maximum Gasteiger partial charge on any atom is 0.0767 e. The lowest BCUT2D eigenvalue weighted by Crippen LogP contribution is -2.22. The topological polar surface area (TPSA) is 43.8 Å². The molecule has 76 valence electrons. The number of nitrogens with two attached hydrogens (primary N) is 1. The molecule has 0 spiro atoms. The predicted molar refractivity (Wildman–Crippen MR) is 58.0 cm³/mol. The van der Waals surface area contributed by atoms with E-state index in [9.17, 15) is 0 Å². The summed E-state index contributed by atoms with van der Waals surface area (Å²) < 4.78 is 2.22. The zero-order chi connectivity index (χ0) is 9.54. The summed E-state index contributed by atoms with van der Waals surface area (Å²) in [5, 5.41) is 4.70. The van der Waals surface area contributed by atoms with Crippen molar-refractivity contribution < 1.29 is 0 Å². The Morgan fingerprint density at radius 2 is 2.29 bits per heavy atom. The second-order valence-electron chi connectivity index (χ2n) is 4.10. The summed E-state index contributed by atoms with van der Waals surface area (Å²) in [6, 6.07) is 0.657. The van der Waals surface area contributed by atoms with Gasteiger partial charge in [-0.15, -0.1) is 0 Å². The molecule has 0 aromatic carbocycles. The van der Waals surface area contributed by atoms with Crippen molar-refractivity contribution in [3.8, 4) is 0 Å². The smallest absolute Gasteiger partial charge is 0.0767 e. The Kier molecular flexibility index (Phi) is 2.06. The molecule has 1 saturated carbocycles. The Balaban J connectivity index is 2.02. The summed E-state index contributed by atoms with van der Waals surface area (Å²) in [6.07, 6.45) is 3.94. The lowest BCUT2D eigenvalue weighted by molar-refractivity contribution is 0.281. The molecule has 3 nitrogen and oxygen atoms in total. The second-order valence-corrected chi connectivity index (χ2v) is 5.08. The summed E-state index contributed by atoms with van der Waals surface area (Å²) in [4.78, 5) is 0. The zero-order valence-electron chi connectivity index (χ0n) is 8.20. The molecule has 1 aliphatic heterocycles. The summed E-state index contributed by atoms with van der Waals surface area (Å²) in [5.41, 5.74) is 9.84. The molecule has 1 aromatic heterocycles. The Labute approximate surface area is 88.0 Å². The van der Waals surface area contributed by atoms with Crippen molar-refractivity contribution in [2.75, 3.05) is 0 Å². The first-order chi connectivity index (χ1) is 6.90. The molecular formula is C10H15N3S. The molecule has 0 amide bonds. The molecule has 1 aliphatic carbocycles. The molecule has 4 heteroatoms. The van der Waals surface area contributed by atoms with Gasteiger partial charge in [0.1, 0.15) is 0 Å². The van der Waals surface area contributed by atoms with Crippen molar-refractivity contribution in [1.29, 1.82) is 0 Å². The van der Waals surface area contributed by atoms with Gasteiger partial charge in [0.15, 0.2) is 0 Å². The van der Waals surface area contributed by atoms with Gasteiger partial charge in [-0.25, -0.2) is 0 Å². The number of rotatable bonds is 2. The molecule has 2 heterocycles. The van der Waals surface area contributed by atoms with Gasteiger partial charge in [0.2, 0.25) is 0 Å². The van der Waals surface area contributed by atoms with Gasteiger partial charge in [-0.1, -0.05) is 0 Å². The van der Waals surface area contributed by atoms with E-state index >= 15 is 0 Å². The molecule has 2 aliphatic rings. The summed E-state index contributed by atoms with van der Waals surface area (Å²) in [6.45, 7) is 0.652. The first kappa shape index (κ1) is 8.80. The van der Waals surface area contributed by atoms with Crippen molar-refractivity contribution in [2.45, 2.75) is 43.4 Å². The third-order valence-corrected chi connectivity index (χ3v) is 4.27. The van der Waals surface area contributed by atoms with E-state index in [-0.39, 0.29) is 0 Å². The Hall–Kier alpha value is -0.480. The SMILES string of the molecule is NCc1c2c(nn1C1CCC1)CSC2. The van der Waals surface area contributed by atoms with E-state index in [1.165, 1.54) is 36.2 Å². The molecule has 0 saturated heterocycles. The molecule has 0 atom stereocenters. The summed E-state index contributed by atoms with van der Waals surface area (Å²) >= 11 is 1.95. The molecule has 14 heavy (non-hydrogen) atoms. The van der Waals surface area contributed by atoms with Crippen LogP contribution in [0.4, 0.5) is 0 Å². The molecule has 0 unspecified atom stereocenters. The summed E-state index contributed by atoms with van der Waals surface area (Å²) in [7, 11) is 0. The minimum absolute atomic E-state index is 0.652. The fraction of sp³-hybridized carbons (Fsp3) is 0.700. The number of aromatic nitrogens is 2. The summed E-state index contributed by atoms with van der Waals surface area (Å²) in [5.74, 6) is 2.20. The number of hydrogen-bond donors (Lipinski definition) is 1. The maximum absolute atomic E-state index is 5.81. The molecule has 0 radical (unpaired) electrons. The van der Waals surface area contributed by atoms with Crippen LogP contribution in [-0.4, -0.2) is 9.78 Å². The van der Waals surface area contributed by atoms with Gasteiger partial charge in [-0.05, 0) is 19.3 Å². The average molecular weight is 209 g/mol. The molecule has 2 N–H and O–H groups in total. The van der Waals surface area contributed by atoms with Crippen molar-refractivity contribution in [3.63, 3.8) is 0 Å². The Morgan fingerprint density at radius 1 is 1.43 bits per heavy atom. The van der Waals surface area contributed by atoms with E-state index in [0.717, 1.165) is 11.5 Å². The van der Waals surface area contributed by atoms with Crippen molar-refractivity contribution in [1.82, 2.24) is 9.78 Å². The number of hydrogen-bond acceptors (Lipinski definition) is 3. The number of fused-ring (bicyclic) bond motifs is 1. The first-order valence-electron chi connectivity index (χ1n) is 5.27. The minimum atomic E-state index is 0.652. The van der Waals surface area contributed by atoms with E-state index in [0.29, 0.717) is 12.6 Å². The standard InChI is InChI=1S/C10H15N3S/c11-4-10-8-5-14-6-9(8)12-13(10)7-2-1-3-7/h7H,1-6,11H2. The van der Waals surface area contributed by atoms with Gasteiger partial charge in [0.25, 0.3) is 0 Å². The van der Waals surface area contributed by atoms with Crippen LogP contribution in [0.5, 0.6) is 0 Å². The minimum Gasteiger partial charge on any atom is -0.325 e. The lowest BCUT2D eigenvalue weighted by atomic mass is 9.93. The average Bonchev–Trinajstić information content (AvgIpc) is 2.60. The quantitative estimate of drug-likeness (QED) is 0.808. The molecule has 0 bridgehead atoms. The van der Waals surface area contributed by atoms with Crippen LogP contribution in [0, 0.1) is 0 Å². The highest BCUT2D eigenvalue weighted by atomic mass is 32.2. The van der Waals surface area contributed by atoms with Crippen molar-refractivity contribution in [2.24, 2.45) is 5.73 Å². The highest BCUT2D eigenvalue weighted by Crippen LogP contribution is 2.37. The van der Waals surface area contributed by atoms with Crippen LogP contribution in [0.1, 0.15) is 42.3 Å². The van der Waals surface area contributed by atoms with Crippen LogP contribution in [0.15, 0.2) is 0 Å². The fourth-order valence-electron chi connectivity index (χ4n) is 2.24. The van der Waals surface area contributed by atoms with E-state index in [1.54, 1.807) is 0 Å². The number of thioether (sulfide) groups is 1. The van der Waals surface area contributed by atoms with Crippen LogP contribution in [0.2, 0.25) is 0 Å².